The van der Waals surface area contributed by atoms with Crippen molar-refractivity contribution in [1.82, 2.24) is 4.90 Å². The Morgan fingerprint density at radius 2 is 2.21 bits per heavy atom. The molecule has 3 unspecified atom stereocenters. The summed E-state index contributed by atoms with van der Waals surface area (Å²) in [6.45, 7) is 3.03. The number of ether oxygens (including phenoxy) is 1. The fourth-order valence-corrected chi connectivity index (χ4v) is 3.60. The van der Waals surface area contributed by atoms with E-state index in [1.54, 1.807) is 7.11 Å². The molecule has 1 aromatic rings. The molecule has 2 aliphatic rings. The molecule has 1 heterocycles. The van der Waals surface area contributed by atoms with Gasteiger partial charge in [0.25, 0.3) is 0 Å². The van der Waals surface area contributed by atoms with Crippen LogP contribution in [0.15, 0.2) is 18.2 Å². The maximum atomic E-state index is 9.93. The van der Waals surface area contributed by atoms with Gasteiger partial charge in [0.05, 0.1) is 18.9 Å². The molecule has 104 valence electrons. The SMILES string of the molecule is COc1ccc(CN2CC3CCC(O)C3C2)cc1N. The summed E-state index contributed by atoms with van der Waals surface area (Å²) in [6.07, 6.45) is 2.07. The Bertz CT molecular complexity index is 463. The third-order valence-electron chi connectivity index (χ3n) is 4.59. The predicted octanol–water partition coefficient (Wildman–Crippen LogP) is 1.48. The molecule has 1 saturated heterocycles. The highest BCUT2D eigenvalue weighted by Crippen LogP contribution is 2.38. The standard InChI is InChI=1S/C15H22N2O2/c1-19-15-5-2-10(6-13(15)16)7-17-8-11-3-4-14(18)12(11)9-17/h2,5-6,11-12,14,18H,3-4,7-9,16H2,1H3. The minimum absolute atomic E-state index is 0.0871. The Balaban J connectivity index is 1.65. The molecule has 0 amide bonds. The molecular formula is C15H22N2O2. The molecule has 0 radical (unpaired) electrons. The largest absolute Gasteiger partial charge is 0.495 e. The number of aliphatic hydroxyl groups is 1. The smallest absolute Gasteiger partial charge is 0.141 e. The van der Waals surface area contributed by atoms with E-state index in [9.17, 15) is 5.11 Å². The molecule has 1 aromatic carbocycles. The van der Waals surface area contributed by atoms with E-state index < -0.39 is 0 Å². The Kier molecular flexibility index (Phi) is 3.37. The van der Waals surface area contributed by atoms with Crippen molar-refractivity contribution in [3.05, 3.63) is 23.8 Å². The molecule has 1 aliphatic heterocycles. The Labute approximate surface area is 114 Å². The summed E-state index contributed by atoms with van der Waals surface area (Å²) in [5, 5.41) is 9.93. The van der Waals surface area contributed by atoms with Crippen LogP contribution in [0.5, 0.6) is 5.75 Å². The van der Waals surface area contributed by atoms with Crippen molar-refractivity contribution in [2.75, 3.05) is 25.9 Å². The van der Waals surface area contributed by atoms with Gasteiger partial charge in [-0.05, 0) is 36.5 Å². The average molecular weight is 262 g/mol. The van der Waals surface area contributed by atoms with Gasteiger partial charge in [-0.1, -0.05) is 6.07 Å². The van der Waals surface area contributed by atoms with Crippen LogP contribution in [0.2, 0.25) is 0 Å². The van der Waals surface area contributed by atoms with E-state index in [1.165, 1.54) is 12.0 Å². The van der Waals surface area contributed by atoms with Gasteiger partial charge in [0.1, 0.15) is 5.75 Å². The number of anilines is 1. The number of benzene rings is 1. The van der Waals surface area contributed by atoms with Crippen LogP contribution in [0, 0.1) is 11.8 Å². The summed E-state index contributed by atoms with van der Waals surface area (Å²) in [6, 6.07) is 5.99. The van der Waals surface area contributed by atoms with Crippen LogP contribution in [0.4, 0.5) is 5.69 Å². The zero-order valence-corrected chi connectivity index (χ0v) is 11.4. The molecule has 3 rings (SSSR count). The van der Waals surface area contributed by atoms with Crippen LogP contribution in [0.25, 0.3) is 0 Å². The first kappa shape index (κ1) is 12.8. The minimum atomic E-state index is -0.0871. The van der Waals surface area contributed by atoms with Crippen molar-refractivity contribution in [2.45, 2.75) is 25.5 Å². The summed E-state index contributed by atoms with van der Waals surface area (Å²) < 4.78 is 5.17. The summed E-state index contributed by atoms with van der Waals surface area (Å²) in [7, 11) is 1.63. The number of aliphatic hydroxyl groups excluding tert-OH is 1. The van der Waals surface area contributed by atoms with Crippen LogP contribution in [-0.2, 0) is 6.54 Å². The molecule has 0 spiro atoms. The molecule has 1 aliphatic carbocycles. The first-order valence-corrected chi connectivity index (χ1v) is 7.00. The third-order valence-corrected chi connectivity index (χ3v) is 4.59. The second-order valence-electron chi connectivity index (χ2n) is 5.84. The molecular weight excluding hydrogens is 240 g/mol. The molecule has 0 aromatic heterocycles. The monoisotopic (exact) mass is 262 g/mol. The van der Waals surface area contributed by atoms with E-state index >= 15 is 0 Å². The van der Waals surface area contributed by atoms with Crippen LogP contribution < -0.4 is 10.5 Å². The molecule has 3 atom stereocenters. The first-order valence-electron chi connectivity index (χ1n) is 7.00. The van der Waals surface area contributed by atoms with E-state index in [1.807, 2.05) is 12.1 Å². The number of likely N-dealkylation sites (tertiary alicyclic amines) is 1. The molecule has 4 heteroatoms. The molecule has 0 bridgehead atoms. The maximum absolute atomic E-state index is 9.93. The van der Waals surface area contributed by atoms with Gasteiger partial charge in [-0.25, -0.2) is 0 Å². The second-order valence-corrected chi connectivity index (χ2v) is 5.84. The fraction of sp³-hybridized carbons (Fsp3) is 0.600. The molecule has 19 heavy (non-hydrogen) atoms. The predicted molar refractivity (Wildman–Crippen MR) is 74.9 cm³/mol. The Morgan fingerprint density at radius 1 is 1.37 bits per heavy atom. The van der Waals surface area contributed by atoms with Crippen molar-refractivity contribution in [3.63, 3.8) is 0 Å². The van der Waals surface area contributed by atoms with Gasteiger partial charge in [0.2, 0.25) is 0 Å². The van der Waals surface area contributed by atoms with Crippen molar-refractivity contribution in [1.29, 1.82) is 0 Å². The molecule has 2 fully saturated rings. The van der Waals surface area contributed by atoms with Gasteiger partial charge >= 0.3 is 0 Å². The number of rotatable bonds is 3. The van der Waals surface area contributed by atoms with Gasteiger partial charge in [0.15, 0.2) is 0 Å². The lowest BCUT2D eigenvalue weighted by Gasteiger charge is -2.18. The van der Waals surface area contributed by atoms with Gasteiger partial charge in [-0.3, -0.25) is 4.90 Å². The van der Waals surface area contributed by atoms with E-state index in [2.05, 4.69) is 11.0 Å². The number of nitrogens with zero attached hydrogens (tertiary/aromatic N) is 1. The van der Waals surface area contributed by atoms with Crippen LogP contribution in [-0.4, -0.2) is 36.3 Å². The van der Waals surface area contributed by atoms with Gasteiger partial charge in [-0.2, -0.15) is 0 Å². The zero-order valence-electron chi connectivity index (χ0n) is 11.4. The average Bonchev–Trinajstić information content (AvgIpc) is 2.92. The van der Waals surface area contributed by atoms with Crippen LogP contribution in [0.3, 0.4) is 0 Å². The molecule has 4 nitrogen and oxygen atoms in total. The Morgan fingerprint density at radius 3 is 2.89 bits per heavy atom. The highest BCUT2D eigenvalue weighted by atomic mass is 16.5. The lowest BCUT2D eigenvalue weighted by Crippen LogP contribution is -2.24. The normalized spacial score (nSPS) is 30.5. The highest BCUT2D eigenvalue weighted by Gasteiger charge is 2.41. The van der Waals surface area contributed by atoms with Gasteiger partial charge in [0, 0.05) is 25.6 Å². The van der Waals surface area contributed by atoms with Crippen molar-refractivity contribution in [3.8, 4) is 5.75 Å². The second kappa shape index (κ2) is 5.02. The van der Waals surface area contributed by atoms with E-state index in [-0.39, 0.29) is 6.10 Å². The maximum Gasteiger partial charge on any atom is 0.141 e. The van der Waals surface area contributed by atoms with E-state index in [0.29, 0.717) is 17.5 Å². The third kappa shape index (κ3) is 2.42. The number of nitrogens with two attached hydrogens (primary N) is 1. The van der Waals surface area contributed by atoms with Gasteiger partial charge in [-0.15, -0.1) is 0 Å². The van der Waals surface area contributed by atoms with Crippen LogP contribution in [0.1, 0.15) is 18.4 Å². The quantitative estimate of drug-likeness (QED) is 0.810. The molecule has 3 N–H and O–H groups in total. The topological polar surface area (TPSA) is 58.7 Å². The fourth-order valence-electron chi connectivity index (χ4n) is 3.60. The summed E-state index contributed by atoms with van der Waals surface area (Å²) in [5.74, 6) is 1.90. The summed E-state index contributed by atoms with van der Waals surface area (Å²) >= 11 is 0. The highest BCUT2D eigenvalue weighted by molar-refractivity contribution is 5.54. The van der Waals surface area contributed by atoms with E-state index in [0.717, 1.165) is 31.8 Å². The number of hydrogen-bond acceptors (Lipinski definition) is 4. The first-order chi connectivity index (χ1) is 9.17. The zero-order chi connectivity index (χ0) is 13.4. The molecule has 1 saturated carbocycles. The van der Waals surface area contributed by atoms with Crippen molar-refractivity contribution < 1.29 is 9.84 Å². The van der Waals surface area contributed by atoms with E-state index in [4.69, 9.17) is 10.5 Å². The van der Waals surface area contributed by atoms with Gasteiger partial charge < -0.3 is 15.6 Å². The number of hydrogen-bond donors (Lipinski definition) is 2. The number of nitrogen functional groups attached to an aromatic ring is 1. The minimum Gasteiger partial charge on any atom is -0.495 e. The van der Waals surface area contributed by atoms with Crippen LogP contribution >= 0.6 is 0 Å². The Hall–Kier alpha value is -1.26. The van der Waals surface area contributed by atoms with Crippen molar-refractivity contribution in [2.24, 2.45) is 11.8 Å². The lowest BCUT2D eigenvalue weighted by atomic mass is 10.00. The lowest BCUT2D eigenvalue weighted by molar-refractivity contribution is 0.123. The number of fused-ring (bicyclic) bond motifs is 1. The summed E-state index contributed by atoms with van der Waals surface area (Å²) in [4.78, 5) is 2.43. The number of methoxy groups -OCH3 is 1. The van der Waals surface area contributed by atoms with Crippen molar-refractivity contribution >= 4 is 5.69 Å². The summed E-state index contributed by atoms with van der Waals surface area (Å²) in [5.41, 5.74) is 7.85.